The molecule has 6 nitrogen and oxygen atoms in total. The number of anilines is 1. The van der Waals surface area contributed by atoms with Gasteiger partial charge in [0.2, 0.25) is 11.8 Å². The van der Waals surface area contributed by atoms with E-state index in [4.69, 9.17) is 11.6 Å². The molecule has 28 heavy (non-hydrogen) atoms. The second-order valence-electron chi connectivity index (χ2n) is 7.04. The number of hydrogen-bond acceptors (Lipinski definition) is 4. The third-order valence-corrected chi connectivity index (χ3v) is 4.64. The zero-order valence-electron chi connectivity index (χ0n) is 15.7. The summed E-state index contributed by atoms with van der Waals surface area (Å²) in [6.07, 6.45) is 0. The van der Waals surface area contributed by atoms with Gasteiger partial charge in [0.25, 0.3) is 5.91 Å². The fourth-order valence-corrected chi connectivity index (χ4v) is 3.14. The molecule has 0 bridgehead atoms. The first-order chi connectivity index (χ1) is 13.1. The lowest BCUT2D eigenvalue weighted by atomic mass is 10.1. The van der Waals surface area contributed by atoms with Crippen molar-refractivity contribution in [1.82, 2.24) is 10.6 Å². The normalized spacial score (nSPS) is 11.0. The minimum atomic E-state index is -0.636. The number of carbonyl (C=O) groups excluding carboxylic acids is 3. The smallest absolute Gasteiger partial charge is 0.261 e. The first kappa shape index (κ1) is 21.8. The van der Waals surface area contributed by atoms with Gasteiger partial charge in [-0.2, -0.15) is 0 Å². The maximum absolute atomic E-state index is 13.5. The van der Waals surface area contributed by atoms with E-state index in [2.05, 4.69) is 10.6 Å². The highest BCUT2D eigenvalue weighted by molar-refractivity contribution is 7.12. The molecule has 0 spiro atoms. The molecule has 0 fully saturated rings. The zero-order chi connectivity index (χ0) is 20.9. The van der Waals surface area contributed by atoms with E-state index in [0.717, 1.165) is 11.0 Å². The van der Waals surface area contributed by atoms with Gasteiger partial charge in [-0.15, -0.1) is 11.3 Å². The van der Waals surface area contributed by atoms with Crippen molar-refractivity contribution in [1.29, 1.82) is 0 Å². The summed E-state index contributed by atoms with van der Waals surface area (Å²) < 4.78 is 13.5. The van der Waals surface area contributed by atoms with E-state index < -0.39 is 23.2 Å². The summed E-state index contributed by atoms with van der Waals surface area (Å²) in [7, 11) is 0. The summed E-state index contributed by atoms with van der Waals surface area (Å²) >= 11 is 7.07. The predicted octanol–water partition coefficient (Wildman–Crippen LogP) is 3.22. The van der Waals surface area contributed by atoms with E-state index in [1.54, 1.807) is 17.5 Å². The van der Waals surface area contributed by atoms with Crippen molar-refractivity contribution in [2.24, 2.45) is 0 Å². The zero-order valence-corrected chi connectivity index (χ0v) is 17.3. The second kappa shape index (κ2) is 9.16. The summed E-state index contributed by atoms with van der Waals surface area (Å²) in [4.78, 5) is 38.7. The SMILES string of the molecule is CC(C)(C)NC(=O)CN(C(=O)CNC(=O)c1cccs1)c1ccc(F)c(Cl)c1. The Morgan fingerprint density at radius 1 is 1.21 bits per heavy atom. The highest BCUT2D eigenvalue weighted by Crippen LogP contribution is 2.23. The van der Waals surface area contributed by atoms with Gasteiger partial charge in [0, 0.05) is 11.2 Å². The fraction of sp³-hybridized carbons (Fsp3) is 0.316. The predicted molar refractivity (Wildman–Crippen MR) is 108 cm³/mol. The van der Waals surface area contributed by atoms with Crippen LogP contribution in [0.25, 0.3) is 0 Å². The van der Waals surface area contributed by atoms with E-state index in [9.17, 15) is 18.8 Å². The molecule has 0 aliphatic heterocycles. The highest BCUT2D eigenvalue weighted by Gasteiger charge is 2.23. The molecule has 0 aliphatic rings. The van der Waals surface area contributed by atoms with Crippen molar-refractivity contribution in [3.8, 4) is 0 Å². The van der Waals surface area contributed by atoms with Crippen LogP contribution in [0.1, 0.15) is 30.4 Å². The molecular weight excluding hydrogens is 405 g/mol. The van der Waals surface area contributed by atoms with E-state index in [-0.39, 0.29) is 29.7 Å². The summed E-state index contributed by atoms with van der Waals surface area (Å²) in [6, 6.07) is 7.10. The average Bonchev–Trinajstić information content (AvgIpc) is 3.13. The molecular formula is C19H21ClFN3O3S. The lowest BCUT2D eigenvalue weighted by molar-refractivity contribution is -0.124. The van der Waals surface area contributed by atoms with Gasteiger partial charge in [0.05, 0.1) is 16.4 Å². The van der Waals surface area contributed by atoms with Gasteiger partial charge in [-0.05, 0) is 50.4 Å². The van der Waals surface area contributed by atoms with Crippen LogP contribution < -0.4 is 15.5 Å². The Morgan fingerprint density at radius 3 is 2.50 bits per heavy atom. The Morgan fingerprint density at radius 2 is 1.93 bits per heavy atom. The van der Waals surface area contributed by atoms with Gasteiger partial charge in [-0.3, -0.25) is 14.4 Å². The van der Waals surface area contributed by atoms with Crippen LogP contribution in [0.5, 0.6) is 0 Å². The van der Waals surface area contributed by atoms with Crippen LogP contribution in [0.3, 0.4) is 0 Å². The summed E-state index contributed by atoms with van der Waals surface area (Å²) in [5.41, 5.74) is -0.231. The Hall–Kier alpha value is -2.45. The van der Waals surface area contributed by atoms with Crippen LogP contribution >= 0.6 is 22.9 Å². The van der Waals surface area contributed by atoms with E-state index in [0.29, 0.717) is 4.88 Å². The van der Waals surface area contributed by atoms with Crippen LogP contribution in [0, 0.1) is 5.82 Å². The molecule has 0 atom stereocenters. The first-order valence-electron chi connectivity index (χ1n) is 8.45. The van der Waals surface area contributed by atoms with E-state index in [1.165, 1.54) is 23.5 Å². The van der Waals surface area contributed by atoms with Gasteiger partial charge >= 0.3 is 0 Å². The minimum Gasteiger partial charge on any atom is -0.350 e. The van der Waals surface area contributed by atoms with Crippen molar-refractivity contribution >= 4 is 46.3 Å². The number of thiophene rings is 1. The molecule has 1 aromatic heterocycles. The lowest BCUT2D eigenvalue weighted by Gasteiger charge is -2.26. The van der Waals surface area contributed by atoms with Gasteiger partial charge in [0.1, 0.15) is 12.4 Å². The average molecular weight is 426 g/mol. The molecule has 1 aromatic carbocycles. The van der Waals surface area contributed by atoms with E-state index >= 15 is 0 Å². The maximum atomic E-state index is 13.5. The third-order valence-electron chi connectivity index (χ3n) is 3.48. The van der Waals surface area contributed by atoms with Gasteiger partial charge in [-0.1, -0.05) is 17.7 Å². The minimum absolute atomic E-state index is 0.172. The van der Waals surface area contributed by atoms with Crippen LogP contribution in [-0.4, -0.2) is 36.3 Å². The number of hydrogen-bond donors (Lipinski definition) is 2. The molecule has 0 unspecified atom stereocenters. The monoisotopic (exact) mass is 425 g/mol. The lowest BCUT2D eigenvalue weighted by Crippen LogP contribution is -2.49. The van der Waals surface area contributed by atoms with Crippen molar-refractivity contribution in [3.63, 3.8) is 0 Å². The number of nitrogens with one attached hydrogen (secondary N) is 2. The van der Waals surface area contributed by atoms with Crippen molar-refractivity contribution in [2.75, 3.05) is 18.0 Å². The topological polar surface area (TPSA) is 78.5 Å². The Bertz CT molecular complexity index is 866. The van der Waals surface area contributed by atoms with Crippen molar-refractivity contribution in [2.45, 2.75) is 26.3 Å². The highest BCUT2D eigenvalue weighted by atomic mass is 35.5. The molecule has 0 radical (unpaired) electrons. The largest absolute Gasteiger partial charge is 0.350 e. The molecule has 9 heteroatoms. The fourth-order valence-electron chi connectivity index (χ4n) is 2.32. The Balaban J connectivity index is 2.16. The number of halogens is 2. The van der Waals surface area contributed by atoms with E-state index in [1.807, 2.05) is 20.8 Å². The molecule has 0 saturated carbocycles. The summed E-state index contributed by atoms with van der Waals surface area (Å²) in [5.74, 6) is -1.95. The number of amides is 3. The molecule has 3 amide bonds. The Kier molecular flexibility index (Phi) is 7.15. The molecule has 0 aliphatic carbocycles. The second-order valence-corrected chi connectivity index (χ2v) is 8.39. The van der Waals surface area contributed by atoms with Gasteiger partial charge in [-0.25, -0.2) is 4.39 Å². The number of benzene rings is 1. The van der Waals surface area contributed by atoms with Crippen molar-refractivity contribution in [3.05, 3.63) is 51.4 Å². The number of rotatable bonds is 6. The van der Waals surface area contributed by atoms with Crippen LogP contribution in [0.15, 0.2) is 35.7 Å². The molecule has 1 heterocycles. The number of carbonyl (C=O) groups is 3. The standard InChI is InChI=1S/C19H21ClFN3O3S/c1-19(2,3)23-16(25)11-24(12-6-7-14(21)13(20)9-12)17(26)10-22-18(27)15-5-4-8-28-15/h4-9H,10-11H2,1-3H3,(H,22,27)(H,23,25). The van der Waals surface area contributed by atoms with Crippen LogP contribution in [0.4, 0.5) is 10.1 Å². The molecule has 2 rings (SSSR count). The van der Waals surface area contributed by atoms with Gasteiger partial charge in [0.15, 0.2) is 0 Å². The van der Waals surface area contributed by atoms with Crippen molar-refractivity contribution < 1.29 is 18.8 Å². The molecule has 150 valence electrons. The first-order valence-corrected chi connectivity index (χ1v) is 9.71. The quantitative estimate of drug-likeness (QED) is 0.745. The summed E-state index contributed by atoms with van der Waals surface area (Å²) in [5, 5.41) is 6.86. The molecule has 2 aromatic rings. The maximum Gasteiger partial charge on any atom is 0.261 e. The Labute approximate surface area is 171 Å². The summed E-state index contributed by atoms with van der Waals surface area (Å²) in [6.45, 7) is 4.81. The number of nitrogens with zero attached hydrogens (tertiary/aromatic N) is 1. The van der Waals surface area contributed by atoms with Crippen LogP contribution in [0.2, 0.25) is 5.02 Å². The van der Waals surface area contributed by atoms with Gasteiger partial charge < -0.3 is 15.5 Å². The van der Waals surface area contributed by atoms with Crippen LogP contribution in [-0.2, 0) is 9.59 Å². The third kappa shape index (κ3) is 6.31. The molecule has 2 N–H and O–H groups in total. The molecule has 0 saturated heterocycles.